The first kappa shape index (κ1) is 21.8. The Balaban J connectivity index is 1.60. The van der Waals surface area contributed by atoms with Crippen LogP contribution in [0.1, 0.15) is 21.5 Å². The smallest absolute Gasteiger partial charge is 0.270 e. The first-order chi connectivity index (χ1) is 16.0. The molecule has 0 atom stereocenters. The Bertz CT molecular complexity index is 1270. The van der Waals surface area contributed by atoms with Crippen LogP contribution in [0, 0.1) is 10.1 Å². The van der Waals surface area contributed by atoms with Crippen LogP contribution in [0.3, 0.4) is 0 Å². The average molecular weight is 441 g/mol. The Morgan fingerprint density at radius 1 is 1.03 bits per heavy atom. The van der Waals surface area contributed by atoms with Gasteiger partial charge < -0.3 is 10.6 Å². The van der Waals surface area contributed by atoms with Gasteiger partial charge in [-0.2, -0.15) is 5.10 Å². The summed E-state index contributed by atoms with van der Waals surface area (Å²) < 4.78 is 1.85. The van der Waals surface area contributed by atoms with Crippen molar-refractivity contribution in [1.82, 2.24) is 15.1 Å². The van der Waals surface area contributed by atoms with E-state index in [2.05, 4.69) is 10.6 Å². The topological polar surface area (TPSA) is 102 Å². The van der Waals surface area contributed by atoms with Crippen LogP contribution in [0.5, 0.6) is 0 Å². The second-order valence-electron chi connectivity index (χ2n) is 7.47. The largest absolute Gasteiger partial charge is 0.387 e. The third-order valence-electron chi connectivity index (χ3n) is 5.24. The van der Waals surface area contributed by atoms with Crippen molar-refractivity contribution >= 4 is 17.3 Å². The number of carbonyl (C=O) groups excluding carboxylic acids is 1. The summed E-state index contributed by atoms with van der Waals surface area (Å²) in [6.45, 7) is 0.826. The van der Waals surface area contributed by atoms with E-state index < -0.39 is 10.8 Å². The van der Waals surface area contributed by atoms with Gasteiger partial charge in [0.25, 0.3) is 11.6 Å². The Morgan fingerprint density at radius 2 is 1.73 bits per heavy atom. The van der Waals surface area contributed by atoms with Crippen LogP contribution in [0.25, 0.3) is 11.3 Å². The van der Waals surface area contributed by atoms with E-state index in [9.17, 15) is 14.9 Å². The molecular weight excluding hydrogens is 418 g/mol. The number of nitrogens with zero attached hydrogens (tertiary/aromatic N) is 3. The summed E-state index contributed by atoms with van der Waals surface area (Å²) in [5, 5.41) is 21.7. The van der Waals surface area contributed by atoms with Crippen LogP contribution in [-0.2, 0) is 13.1 Å². The Morgan fingerprint density at radius 3 is 2.39 bits per heavy atom. The van der Waals surface area contributed by atoms with Crippen molar-refractivity contribution in [3.63, 3.8) is 0 Å². The number of amides is 1. The van der Waals surface area contributed by atoms with E-state index in [1.54, 1.807) is 7.05 Å². The first-order valence-electron chi connectivity index (χ1n) is 10.4. The highest BCUT2D eigenvalue weighted by Crippen LogP contribution is 2.24. The van der Waals surface area contributed by atoms with Crippen molar-refractivity contribution in [3.05, 3.63) is 112 Å². The van der Waals surface area contributed by atoms with Gasteiger partial charge in [-0.05, 0) is 11.6 Å². The van der Waals surface area contributed by atoms with E-state index in [4.69, 9.17) is 5.10 Å². The van der Waals surface area contributed by atoms with Gasteiger partial charge in [0.05, 0.1) is 22.7 Å². The van der Waals surface area contributed by atoms with Gasteiger partial charge in [0.15, 0.2) is 0 Å². The van der Waals surface area contributed by atoms with Crippen molar-refractivity contribution < 1.29 is 9.72 Å². The molecule has 0 bridgehead atoms. The molecule has 1 aromatic heterocycles. The monoisotopic (exact) mass is 441 g/mol. The van der Waals surface area contributed by atoms with E-state index in [-0.39, 0.29) is 17.8 Å². The third kappa shape index (κ3) is 5.07. The quantitative estimate of drug-likeness (QED) is 0.310. The fourth-order valence-corrected chi connectivity index (χ4v) is 3.60. The van der Waals surface area contributed by atoms with Crippen LogP contribution < -0.4 is 10.6 Å². The molecule has 0 aliphatic carbocycles. The summed E-state index contributed by atoms with van der Waals surface area (Å²) >= 11 is 0. The van der Waals surface area contributed by atoms with E-state index >= 15 is 0 Å². The SMILES string of the molecule is CNc1ccc([N+](=O)[O-])cc1C(=O)NCc1cn(Cc2ccccc2)nc1-c1ccccc1. The maximum Gasteiger partial charge on any atom is 0.270 e. The van der Waals surface area contributed by atoms with Crippen LogP contribution >= 0.6 is 0 Å². The van der Waals surface area contributed by atoms with E-state index in [1.807, 2.05) is 71.5 Å². The number of hydrogen-bond donors (Lipinski definition) is 2. The zero-order valence-electron chi connectivity index (χ0n) is 18.1. The van der Waals surface area contributed by atoms with Crippen molar-refractivity contribution in [3.8, 4) is 11.3 Å². The molecule has 2 N–H and O–H groups in total. The van der Waals surface area contributed by atoms with Gasteiger partial charge in [0.2, 0.25) is 0 Å². The molecule has 33 heavy (non-hydrogen) atoms. The van der Waals surface area contributed by atoms with Crippen molar-refractivity contribution in [2.75, 3.05) is 12.4 Å². The lowest BCUT2D eigenvalue weighted by molar-refractivity contribution is -0.384. The Kier molecular flexibility index (Phi) is 6.45. The predicted octanol–water partition coefficient (Wildman–Crippen LogP) is 4.48. The average Bonchev–Trinajstić information content (AvgIpc) is 3.25. The number of nitrogens with one attached hydrogen (secondary N) is 2. The Labute approximate surface area is 191 Å². The highest BCUT2D eigenvalue weighted by molar-refractivity contribution is 6.00. The maximum absolute atomic E-state index is 12.9. The van der Waals surface area contributed by atoms with Crippen LogP contribution in [-0.4, -0.2) is 27.7 Å². The second-order valence-corrected chi connectivity index (χ2v) is 7.47. The molecule has 0 aliphatic heterocycles. The van der Waals surface area contributed by atoms with E-state index in [0.717, 1.165) is 22.4 Å². The minimum Gasteiger partial charge on any atom is -0.387 e. The molecule has 0 radical (unpaired) electrons. The molecule has 1 amide bonds. The lowest BCUT2D eigenvalue weighted by Crippen LogP contribution is -2.24. The normalized spacial score (nSPS) is 10.6. The van der Waals surface area contributed by atoms with Crippen molar-refractivity contribution in [2.45, 2.75) is 13.1 Å². The molecule has 0 aliphatic rings. The lowest BCUT2D eigenvalue weighted by Gasteiger charge is -2.10. The van der Waals surface area contributed by atoms with Gasteiger partial charge >= 0.3 is 0 Å². The van der Waals surface area contributed by atoms with Gasteiger partial charge in [-0.15, -0.1) is 0 Å². The highest BCUT2D eigenvalue weighted by Gasteiger charge is 2.18. The van der Waals surface area contributed by atoms with Gasteiger partial charge in [-0.3, -0.25) is 19.6 Å². The number of nitro benzene ring substituents is 1. The standard InChI is InChI=1S/C25H23N5O3/c1-26-23-13-12-21(30(32)33)14-22(23)25(31)27-15-20-17-29(16-18-8-4-2-5-9-18)28-24(20)19-10-6-3-7-11-19/h2-14,17,26H,15-16H2,1H3,(H,27,31). The Hall–Kier alpha value is -4.46. The zero-order chi connectivity index (χ0) is 23.2. The molecule has 0 spiro atoms. The first-order valence-corrected chi connectivity index (χ1v) is 10.4. The molecule has 1 heterocycles. The molecule has 166 valence electrons. The van der Waals surface area contributed by atoms with Crippen LogP contribution in [0.2, 0.25) is 0 Å². The number of aromatic nitrogens is 2. The fraction of sp³-hybridized carbons (Fsp3) is 0.120. The zero-order valence-corrected chi connectivity index (χ0v) is 18.1. The van der Waals surface area contributed by atoms with Crippen LogP contribution in [0.15, 0.2) is 85.1 Å². The molecule has 0 unspecified atom stereocenters. The summed E-state index contributed by atoms with van der Waals surface area (Å²) in [7, 11) is 1.67. The molecule has 0 saturated heterocycles. The summed E-state index contributed by atoms with van der Waals surface area (Å²) in [5.74, 6) is -0.405. The summed E-state index contributed by atoms with van der Waals surface area (Å²) in [4.78, 5) is 23.6. The molecule has 3 aromatic carbocycles. The summed E-state index contributed by atoms with van der Waals surface area (Å²) in [6, 6.07) is 23.9. The molecule has 0 fully saturated rings. The molecule has 4 aromatic rings. The number of carbonyl (C=O) groups is 1. The molecule has 8 heteroatoms. The van der Waals surface area contributed by atoms with Crippen molar-refractivity contribution in [2.24, 2.45) is 0 Å². The minimum atomic E-state index is -0.517. The number of hydrogen-bond acceptors (Lipinski definition) is 5. The molecule has 0 saturated carbocycles. The van der Waals surface area contributed by atoms with Gasteiger partial charge in [-0.25, -0.2) is 0 Å². The van der Waals surface area contributed by atoms with Gasteiger partial charge in [0, 0.05) is 48.7 Å². The lowest BCUT2D eigenvalue weighted by atomic mass is 10.1. The summed E-state index contributed by atoms with van der Waals surface area (Å²) in [5.41, 5.74) is 4.28. The van der Waals surface area contributed by atoms with Crippen LogP contribution in [0.4, 0.5) is 11.4 Å². The molecule has 4 rings (SSSR count). The highest BCUT2D eigenvalue weighted by atomic mass is 16.6. The van der Waals surface area contributed by atoms with Gasteiger partial charge in [-0.1, -0.05) is 60.7 Å². The fourth-order valence-electron chi connectivity index (χ4n) is 3.60. The number of non-ortho nitro benzene ring substituents is 1. The minimum absolute atomic E-state index is 0.139. The summed E-state index contributed by atoms with van der Waals surface area (Å²) in [6.07, 6.45) is 1.92. The second kappa shape index (κ2) is 9.78. The number of benzene rings is 3. The maximum atomic E-state index is 12.9. The number of rotatable bonds is 8. The molecular formula is C25H23N5O3. The molecule has 8 nitrogen and oxygen atoms in total. The third-order valence-corrected chi connectivity index (χ3v) is 5.24. The van der Waals surface area contributed by atoms with E-state index in [0.29, 0.717) is 12.2 Å². The van der Waals surface area contributed by atoms with E-state index in [1.165, 1.54) is 18.2 Å². The van der Waals surface area contributed by atoms with Crippen molar-refractivity contribution in [1.29, 1.82) is 0 Å². The number of anilines is 1. The number of nitro groups is 1. The predicted molar refractivity (Wildman–Crippen MR) is 127 cm³/mol. The van der Waals surface area contributed by atoms with Gasteiger partial charge in [0.1, 0.15) is 0 Å².